The zero-order valence-corrected chi connectivity index (χ0v) is 12.1. The topological polar surface area (TPSA) is 24.5 Å². The van der Waals surface area contributed by atoms with Gasteiger partial charge in [-0.15, -0.1) is 11.3 Å². The van der Waals surface area contributed by atoms with Crippen LogP contribution in [0.5, 0.6) is 0 Å². The van der Waals surface area contributed by atoms with E-state index in [0.717, 1.165) is 19.7 Å². The summed E-state index contributed by atoms with van der Waals surface area (Å²) in [6.07, 6.45) is 0. The molecule has 3 nitrogen and oxygen atoms in total. The highest BCUT2D eigenvalue weighted by atomic mass is 32.1. The predicted octanol–water partition coefficient (Wildman–Crippen LogP) is 2.37. The van der Waals surface area contributed by atoms with Gasteiger partial charge in [0.15, 0.2) is 0 Å². The first-order chi connectivity index (χ1) is 8.15. The molecule has 2 unspecified atom stereocenters. The maximum atomic E-state index is 5.15. The minimum atomic E-state index is 0.445. The van der Waals surface area contributed by atoms with Crippen molar-refractivity contribution in [3.05, 3.63) is 22.4 Å². The molecule has 0 saturated heterocycles. The number of rotatable bonds is 8. The van der Waals surface area contributed by atoms with Crippen molar-refractivity contribution in [2.24, 2.45) is 0 Å². The molecule has 0 aliphatic rings. The molecule has 0 saturated carbocycles. The molecular weight excluding hydrogens is 232 g/mol. The van der Waals surface area contributed by atoms with Gasteiger partial charge in [0.25, 0.3) is 0 Å². The van der Waals surface area contributed by atoms with Gasteiger partial charge in [0.2, 0.25) is 0 Å². The van der Waals surface area contributed by atoms with Crippen LogP contribution in [0, 0.1) is 0 Å². The van der Waals surface area contributed by atoms with E-state index in [9.17, 15) is 0 Å². The SMILES string of the molecule is COCC(C)N(C)CCNC(C)c1cccs1. The molecule has 1 aromatic rings. The number of thiophene rings is 1. The van der Waals surface area contributed by atoms with Crippen LogP contribution in [-0.4, -0.2) is 44.8 Å². The summed E-state index contributed by atoms with van der Waals surface area (Å²) in [5.41, 5.74) is 0. The summed E-state index contributed by atoms with van der Waals surface area (Å²) in [5.74, 6) is 0. The Hall–Kier alpha value is -0.420. The van der Waals surface area contributed by atoms with Gasteiger partial charge in [0, 0.05) is 37.2 Å². The number of hydrogen-bond acceptors (Lipinski definition) is 4. The van der Waals surface area contributed by atoms with Crippen molar-refractivity contribution in [1.82, 2.24) is 10.2 Å². The van der Waals surface area contributed by atoms with Gasteiger partial charge in [-0.25, -0.2) is 0 Å². The summed E-state index contributed by atoms with van der Waals surface area (Å²) in [7, 11) is 3.89. The Morgan fingerprint density at radius 2 is 2.24 bits per heavy atom. The van der Waals surface area contributed by atoms with Crippen molar-refractivity contribution in [1.29, 1.82) is 0 Å². The van der Waals surface area contributed by atoms with Crippen LogP contribution in [-0.2, 0) is 4.74 Å². The predicted molar refractivity (Wildman–Crippen MR) is 74.7 cm³/mol. The zero-order chi connectivity index (χ0) is 12.7. The molecule has 1 heterocycles. The minimum absolute atomic E-state index is 0.445. The zero-order valence-electron chi connectivity index (χ0n) is 11.3. The highest BCUT2D eigenvalue weighted by molar-refractivity contribution is 7.10. The fourth-order valence-electron chi connectivity index (χ4n) is 1.68. The van der Waals surface area contributed by atoms with Crippen LogP contribution in [0.3, 0.4) is 0 Å². The molecule has 0 aliphatic heterocycles. The van der Waals surface area contributed by atoms with E-state index in [1.54, 1.807) is 7.11 Å². The molecule has 0 spiro atoms. The van der Waals surface area contributed by atoms with Crippen molar-refractivity contribution in [2.75, 3.05) is 33.9 Å². The Morgan fingerprint density at radius 1 is 1.47 bits per heavy atom. The van der Waals surface area contributed by atoms with Gasteiger partial charge >= 0.3 is 0 Å². The number of likely N-dealkylation sites (N-methyl/N-ethyl adjacent to an activating group) is 1. The fraction of sp³-hybridized carbons (Fsp3) is 0.692. The fourth-order valence-corrected chi connectivity index (χ4v) is 2.44. The van der Waals surface area contributed by atoms with E-state index in [1.165, 1.54) is 4.88 Å². The first kappa shape index (κ1) is 14.6. The highest BCUT2D eigenvalue weighted by Gasteiger charge is 2.09. The standard InChI is InChI=1S/C13H24N2OS/c1-11(10-16-4)15(3)8-7-14-12(2)13-6-5-9-17-13/h5-6,9,11-12,14H,7-8,10H2,1-4H3. The molecule has 0 aromatic carbocycles. The molecular formula is C13H24N2OS. The van der Waals surface area contributed by atoms with Gasteiger partial charge in [0.05, 0.1) is 6.61 Å². The largest absolute Gasteiger partial charge is 0.383 e. The highest BCUT2D eigenvalue weighted by Crippen LogP contribution is 2.17. The van der Waals surface area contributed by atoms with Crippen molar-refractivity contribution in [3.63, 3.8) is 0 Å². The monoisotopic (exact) mass is 256 g/mol. The summed E-state index contributed by atoms with van der Waals surface area (Å²) >= 11 is 1.81. The number of nitrogens with one attached hydrogen (secondary N) is 1. The molecule has 0 aliphatic carbocycles. The summed E-state index contributed by atoms with van der Waals surface area (Å²) in [5, 5.41) is 5.67. The van der Waals surface area contributed by atoms with E-state index in [1.807, 2.05) is 11.3 Å². The van der Waals surface area contributed by atoms with E-state index in [-0.39, 0.29) is 0 Å². The lowest BCUT2D eigenvalue weighted by Crippen LogP contribution is -2.38. The van der Waals surface area contributed by atoms with Crippen LogP contribution in [0.1, 0.15) is 24.8 Å². The second-order valence-electron chi connectivity index (χ2n) is 4.48. The van der Waals surface area contributed by atoms with Gasteiger partial charge in [-0.05, 0) is 32.3 Å². The first-order valence-corrected chi connectivity index (χ1v) is 6.99. The number of methoxy groups -OCH3 is 1. The van der Waals surface area contributed by atoms with Gasteiger partial charge in [0.1, 0.15) is 0 Å². The lowest BCUT2D eigenvalue weighted by atomic mass is 10.2. The third kappa shape index (κ3) is 5.17. The maximum Gasteiger partial charge on any atom is 0.0615 e. The van der Waals surface area contributed by atoms with Crippen molar-refractivity contribution < 1.29 is 4.74 Å². The third-order valence-corrected chi connectivity index (χ3v) is 4.10. The first-order valence-electron chi connectivity index (χ1n) is 6.11. The Morgan fingerprint density at radius 3 is 2.82 bits per heavy atom. The van der Waals surface area contributed by atoms with Crippen LogP contribution in [0.4, 0.5) is 0 Å². The lowest BCUT2D eigenvalue weighted by molar-refractivity contribution is 0.115. The molecule has 1 aromatic heterocycles. The molecule has 0 amide bonds. The minimum Gasteiger partial charge on any atom is -0.383 e. The molecule has 0 radical (unpaired) electrons. The van der Waals surface area contributed by atoms with E-state index >= 15 is 0 Å². The number of nitrogens with zero attached hydrogens (tertiary/aromatic N) is 1. The van der Waals surface area contributed by atoms with Crippen LogP contribution >= 0.6 is 11.3 Å². The molecule has 98 valence electrons. The van der Waals surface area contributed by atoms with Crippen LogP contribution < -0.4 is 5.32 Å². The molecule has 0 bridgehead atoms. The summed E-state index contributed by atoms with van der Waals surface area (Å²) in [6.45, 7) is 7.23. The van der Waals surface area contributed by atoms with Gasteiger partial charge < -0.3 is 15.0 Å². The summed E-state index contributed by atoms with van der Waals surface area (Å²) in [4.78, 5) is 3.72. The summed E-state index contributed by atoms with van der Waals surface area (Å²) < 4.78 is 5.15. The average Bonchev–Trinajstić information content (AvgIpc) is 2.82. The second-order valence-corrected chi connectivity index (χ2v) is 5.46. The van der Waals surface area contributed by atoms with E-state index in [2.05, 4.69) is 48.6 Å². The second kappa shape index (κ2) is 7.82. The molecule has 4 heteroatoms. The van der Waals surface area contributed by atoms with Crippen molar-refractivity contribution >= 4 is 11.3 Å². The Labute approximate surface area is 109 Å². The molecule has 1 rings (SSSR count). The maximum absolute atomic E-state index is 5.15. The smallest absolute Gasteiger partial charge is 0.0615 e. The van der Waals surface area contributed by atoms with Crippen LogP contribution in [0.15, 0.2) is 17.5 Å². The van der Waals surface area contributed by atoms with Gasteiger partial charge in [-0.2, -0.15) is 0 Å². The normalized spacial score (nSPS) is 15.1. The number of ether oxygens (including phenoxy) is 1. The quantitative estimate of drug-likeness (QED) is 0.773. The molecule has 1 N–H and O–H groups in total. The lowest BCUT2D eigenvalue weighted by Gasteiger charge is -2.24. The Kier molecular flexibility index (Phi) is 6.73. The van der Waals surface area contributed by atoms with E-state index < -0.39 is 0 Å². The molecule has 2 atom stereocenters. The van der Waals surface area contributed by atoms with Crippen molar-refractivity contribution in [3.8, 4) is 0 Å². The van der Waals surface area contributed by atoms with Crippen LogP contribution in [0.25, 0.3) is 0 Å². The average molecular weight is 256 g/mol. The molecule has 0 fully saturated rings. The summed E-state index contributed by atoms with van der Waals surface area (Å²) in [6, 6.07) is 5.20. The molecule has 17 heavy (non-hydrogen) atoms. The van der Waals surface area contributed by atoms with E-state index in [0.29, 0.717) is 12.1 Å². The third-order valence-electron chi connectivity index (χ3n) is 3.05. The van der Waals surface area contributed by atoms with Crippen molar-refractivity contribution in [2.45, 2.75) is 25.9 Å². The van der Waals surface area contributed by atoms with Crippen LogP contribution in [0.2, 0.25) is 0 Å². The van der Waals surface area contributed by atoms with Gasteiger partial charge in [-0.3, -0.25) is 0 Å². The van der Waals surface area contributed by atoms with Gasteiger partial charge in [-0.1, -0.05) is 6.07 Å². The number of hydrogen-bond donors (Lipinski definition) is 1. The Bertz CT molecular complexity index is 290. The van der Waals surface area contributed by atoms with E-state index in [4.69, 9.17) is 4.74 Å². The Balaban J connectivity index is 2.19.